The molecule has 15 heavy (non-hydrogen) atoms. The predicted octanol–water partition coefficient (Wildman–Crippen LogP) is 2.39. The molecular weight excluding hydrogens is 193 g/mol. The SMILES string of the molecule is CC(=O)c1cc(F)ccc1C=CCCN. The van der Waals surface area contributed by atoms with E-state index in [-0.39, 0.29) is 5.78 Å². The molecule has 0 atom stereocenters. The van der Waals surface area contributed by atoms with Gasteiger partial charge in [-0.3, -0.25) is 4.79 Å². The van der Waals surface area contributed by atoms with Crippen LogP contribution < -0.4 is 5.73 Å². The summed E-state index contributed by atoms with van der Waals surface area (Å²) in [5, 5.41) is 0. The van der Waals surface area contributed by atoms with Crippen LogP contribution in [-0.2, 0) is 0 Å². The van der Waals surface area contributed by atoms with Gasteiger partial charge in [-0.25, -0.2) is 4.39 Å². The Morgan fingerprint density at radius 1 is 1.53 bits per heavy atom. The second kappa shape index (κ2) is 5.41. The first-order valence-electron chi connectivity index (χ1n) is 4.82. The lowest BCUT2D eigenvalue weighted by atomic mass is 10.0. The highest BCUT2D eigenvalue weighted by molar-refractivity contribution is 5.97. The zero-order valence-corrected chi connectivity index (χ0v) is 8.66. The van der Waals surface area contributed by atoms with E-state index >= 15 is 0 Å². The van der Waals surface area contributed by atoms with Crippen LogP contribution in [0.2, 0.25) is 0 Å². The fourth-order valence-corrected chi connectivity index (χ4v) is 1.29. The quantitative estimate of drug-likeness (QED) is 0.770. The average Bonchev–Trinajstić information content (AvgIpc) is 2.20. The highest BCUT2D eigenvalue weighted by Crippen LogP contribution is 2.14. The van der Waals surface area contributed by atoms with E-state index in [4.69, 9.17) is 5.73 Å². The van der Waals surface area contributed by atoms with Gasteiger partial charge >= 0.3 is 0 Å². The Morgan fingerprint density at radius 2 is 2.27 bits per heavy atom. The standard InChI is InChI=1S/C12H14FNO/c1-9(15)12-8-11(13)6-5-10(12)4-2-3-7-14/h2,4-6,8H,3,7,14H2,1H3. The van der Waals surface area contributed by atoms with Gasteiger partial charge in [-0.2, -0.15) is 0 Å². The Bertz CT molecular complexity index is 385. The van der Waals surface area contributed by atoms with Gasteiger partial charge in [-0.05, 0) is 37.6 Å². The van der Waals surface area contributed by atoms with Gasteiger partial charge in [0.15, 0.2) is 5.78 Å². The number of carbonyl (C=O) groups is 1. The molecule has 2 nitrogen and oxygen atoms in total. The lowest BCUT2D eigenvalue weighted by Crippen LogP contribution is -1.98. The molecule has 0 aliphatic heterocycles. The molecule has 0 radical (unpaired) electrons. The van der Waals surface area contributed by atoms with E-state index in [2.05, 4.69) is 0 Å². The smallest absolute Gasteiger partial charge is 0.160 e. The van der Waals surface area contributed by atoms with Gasteiger partial charge in [0, 0.05) is 5.56 Å². The van der Waals surface area contributed by atoms with Crippen molar-refractivity contribution < 1.29 is 9.18 Å². The minimum Gasteiger partial charge on any atom is -0.330 e. The highest BCUT2D eigenvalue weighted by atomic mass is 19.1. The number of ketones is 1. The molecular formula is C12H14FNO. The maximum Gasteiger partial charge on any atom is 0.160 e. The van der Waals surface area contributed by atoms with E-state index < -0.39 is 5.82 Å². The van der Waals surface area contributed by atoms with Crippen molar-refractivity contribution in [2.24, 2.45) is 5.73 Å². The fourth-order valence-electron chi connectivity index (χ4n) is 1.29. The summed E-state index contributed by atoms with van der Waals surface area (Å²) < 4.78 is 12.9. The van der Waals surface area contributed by atoms with Gasteiger partial charge in [0.2, 0.25) is 0 Å². The molecule has 80 valence electrons. The number of halogens is 1. The Balaban J connectivity index is 3.01. The van der Waals surface area contributed by atoms with Crippen molar-refractivity contribution in [3.05, 3.63) is 41.2 Å². The van der Waals surface area contributed by atoms with Gasteiger partial charge in [0.05, 0.1) is 0 Å². The molecule has 2 N–H and O–H groups in total. The van der Waals surface area contributed by atoms with Crippen LogP contribution in [0.1, 0.15) is 29.3 Å². The summed E-state index contributed by atoms with van der Waals surface area (Å²) in [4.78, 5) is 11.2. The maximum absolute atomic E-state index is 12.9. The van der Waals surface area contributed by atoms with Crippen molar-refractivity contribution in [1.82, 2.24) is 0 Å². The highest BCUT2D eigenvalue weighted by Gasteiger charge is 2.05. The lowest BCUT2D eigenvalue weighted by molar-refractivity contribution is 0.101. The first-order chi connectivity index (χ1) is 7.15. The number of benzene rings is 1. The van der Waals surface area contributed by atoms with Crippen LogP contribution in [0.4, 0.5) is 4.39 Å². The van der Waals surface area contributed by atoms with Crippen molar-refractivity contribution in [1.29, 1.82) is 0 Å². The molecule has 1 rings (SSSR count). The number of nitrogens with two attached hydrogens (primary N) is 1. The molecule has 0 amide bonds. The summed E-state index contributed by atoms with van der Waals surface area (Å²) in [5.41, 5.74) is 6.48. The van der Waals surface area contributed by atoms with Crippen LogP contribution >= 0.6 is 0 Å². The van der Waals surface area contributed by atoms with E-state index in [0.29, 0.717) is 12.1 Å². The monoisotopic (exact) mass is 207 g/mol. The van der Waals surface area contributed by atoms with E-state index in [1.54, 1.807) is 12.1 Å². The van der Waals surface area contributed by atoms with Crippen molar-refractivity contribution in [2.75, 3.05) is 6.54 Å². The Hall–Kier alpha value is -1.48. The normalized spacial score (nSPS) is 10.9. The van der Waals surface area contributed by atoms with E-state index in [9.17, 15) is 9.18 Å². The average molecular weight is 207 g/mol. The summed E-state index contributed by atoms with van der Waals surface area (Å²) in [6.45, 7) is 1.99. The molecule has 0 aliphatic carbocycles. The maximum atomic E-state index is 12.9. The van der Waals surface area contributed by atoms with Crippen LogP contribution in [-0.4, -0.2) is 12.3 Å². The van der Waals surface area contributed by atoms with E-state index in [1.807, 2.05) is 6.08 Å². The van der Waals surface area contributed by atoms with Gasteiger partial charge in [-0.15, -0.1) is 0 Å². The van der Waals surface area contributed by atoms with Gasteiger partial charge in [0.25, 0.3) is 0 Å². The van der Waals surface area contributed by atoms with Crippen LogP contribution in [0, 0.1) is 5.82 Å². The predicted molar refractivity (Wildman–Crippen MR) is 59.1 cm³/mol. The Kier molecular flexibility index (Phi) is 4.18. The van der Waals surface area contributed by atoms with Gasteiger partial charge in [0.1, 0.15) is 5.82 Å². The minimum absolute atomic E-state index is 0.137. The van der Waals surface area contributed by atoms with E-state index in [0.717, 1.165) is 12.0 Å². The third-order valence-corrected chi connectivity index (χ3v) is 2.03. The second-order valence-corrected chi connectivity index (χ2v) is 3.27. The zero-order chi connectivity index (χ0) is 11.3. The second-order valence-electron chi connectivity index (χ2n) is 3.27. The number of hydrogen-bond acceptors (Lipinski definition) is 2. The van der Waals surface area contributed by atoms with Crippen LogP contribution in [0.15, 0.2) is 24.3 Å². The molecule has 0 unspecified atom stereocenters. The van der Waals surface area contributed by atoms with Crippen molar-refractivity contribution in [3.63, 3.8) is 0 Å². The molecule has 0 spiro atoms. The number of rotatable bonds is 4. The van der Waals surface area contributed by atoms with Gasteiger partial charge < -0.3 is 5.73 Å². The lowest BCUT2D eigenvalue weighted by Gasteiger charge is -2.02. The Labute approximate surface area is 88.6 Å². The van der Waals surface area contributed by atoms with Crippen LogP contribution in [0.3, 0.4) is 0 Å². The molecule has 0 fully saturated rings. The summed E-state index contributed by atoms with van der Waals surface area (Å²) in [6.07, 6.45) is 4.41. The molecule has 0 heterocycles. The first-order valence-corrected chi connectivity index (χ1v) is 4.82. The first kappa shape index (κ1) is 11.6. The summed E-state index contributed by atoms with van der Waals surface area (Å²) in [7, 11) is 0. The van der Waals surface area contributed by atoms with Crippen molar-refractivity contribution in [3.8, 4) is 0 Å². The van der Waals surface area contributed by atoms with Gasteiger partial charge in [-0.1, -0.05) is 18.2 Å². The van der Waals surface area contributed by atoms with E-state index in [1.165, 1.54) is 19.1 Å². The van der Waals surface area contributed by atoms with Crippen LogP contribution in [0.25, 0.3) is 6.08 Å². The number of hydrogen-bond donors (Lipinski definition) is 1. The zero-order valence-electron chi connectivity index (χ0n) is 8.66. The topological polar surface area (TPSA) is 43.1 Å². The molecule has 0 bridgehead atoms. The number of carbonyl (C=O) groups excluding carboxylic acids is 1. The summed E-state index contributed by atoms with van der Waals surface area (Å²) in [5.74, 6) is -0.530. The molecule has 0 aliphatic rings. The molecule has 1 aromatic carbocycles. The minimum atomic E-state index is -0.392. The molecule has 0 saturated carbocycles. The molecule has 3 heteroatoms. The largest absolute Gasteiger partial charge is 0.330 e. The molecule has 1 aromatic rings. The van der Waals surface area contributed by atoms with Crippen molar-refractivity contribution >= 4 is 11.9 Å². The Morgan fingerprint density at radius 3 is 2.87 bits per heavy atom. The third kappa shape index (κ3) is 3.29. The van der Waals surface area contributed by atoms with Crippen molar-refractivity contribution in [2.45, 2.75) is 13.3 Å². The fraction of sp³-hybridized carbons (Fsp3) is 0.250. The third-order valence-electron chi connectivity index (χ3n) is 2.03. The molecule has 0 saturated heterocycles. The summed E-state index contributed by atoms with van der Waals surface area (Å²) >= 11 is 0. The number of Topliss-reactive ketones (excluding diaryl/α,β-unsaturated/α-hetero) is 1. The van der Waals surface area contributed by atoms with Crippen LogP contribution in [0.5, 0.6) is 0 Å². The molecule has 0 aromatic heterocycles. The summed E-state index contributed by atoms with van der Waals surface area (Å²) in [6, 6.07) is 4.19.